The number of ketones is 1. The molecule has 16 heavy (non-hydrogen) atoms. The summed E-state index contributed by atoms with van der Waals surface area (Å²) in [6, 6.07) is 0. The molecule has 0 aliphatic heterocycles. The fourth-order valence-corrected chi connectivity index (χ4v) is 1.24. The standard InChI is InChI=1S/C10H20O6/c1-5(2)3-6(12)8(14)10(16)9(15)7(13)4-11/h5,7-11,13-16H,3-4H2,1-2H3/t7-,8+,9-,10-/m1/s1. The molecule has 0 aromatic heterocycles. The lowest BCUT2D eigenvalue weighted by molar-refractivity contribution is -0.147. The lowest BCUT2D eigenvalue weighted by atomic mass is 9.96. The van der Waals surface area contributed by atoms with Gasteiger partial charge in [-0.3, -0.25) is 4.79 Å². The molecule has 0 aliphatic rings. The van der Waals surface area contributed by atoms with Crippen LogP contribution in [0.5, 0.6) is 0 Å². The second-order valence-corrected chi connectivity index (χ2v) is 4.24. The fraction of sp³-hybridized carbons (Fsp3) is 0.900. The topological polar surface area (TPSA) is 118 Å². The smallest absolute Gasteiger partial charge is 0.164 e. The first-order chi connectivity index (χ1) is 7.31. The average Bonchev–Trinajstić information content (AvgIpc) is 2.23. The number of carbonyl (C=O) groups excluding carboxylic acids is 1. The summed E-state index contributed by atoms with van der Waals surface area (Å²) in [6.07, 6.45) is -6.82. The van der Waals surface area contributed by atoms with Crippen molar-refractivity contribution in [2.24, 2.45) is 5.92 Å². The van der Waals surface area contributed by atoms with Gasteiger partial charge in [0, 0.05) is 6.42 Å². The van der Waals surface area contributed by atoms with E-state index in [-0.39, 0.29) is 12.3 Å². The Labute approximate surface area is 94.2 Å². The summed E-state index contributed by atoms with van der Waals surface area (Å²) < 4.78 is 0. The molecule has 4 atom stereocenters. The minimum atomic E-state index is -1.80. The number of rotatable bonds is 7. The Hall–Kier alpha value is -0.530. The lowest BCUT2D eigenvalue weighted by Gasteiger charge is -2.25. The molecular formula is C10H20O6. The van der Waals surface area contributed by atoms with Crippen LogP contribution in [0.1, 0.15) is 20.3 Å². The van der Waals surface area contributed by atoms with Gasteiger partial charge in [-0.1, -0.05) is 13.8 Å². The fourth-order valence-electron chi connectivity index (χ4n) is 1.24. The van der Waals surface area contributed by atoms with Gasteiger partial charge in [0.2, 0.25) is 0 Å². The summed E-state index contributed by atoms with van der Waals surface area (Å²) in [5.74, 6) is -0.582. The maximum atomic E-state index is 11.3. The number of Topliss-reactive ketones (excluding diaryl/α,β-unsaturated/α-hetero) is 1. The Kier molecular flexibility index (Phi) is 6.70. The molecule has 0 unspecified atom stereocenters. The highest BCUT2D eigenvalue weighted by Gasteiger charge is 2.33. The first kappa shape index (κ1) is 15.5. The van der Waals surface area contributed by atoms with Gasteiger partial charge >= 0.3 is 0 Å². The number of aliphatic hydroxyl groups excluding tert-OH is 5. The molecule has 0 fully saturated rings. The van der Waals surface area contributed by atoms with E-state index in [1.165, 1.54) is 0 Å². The first-order valence-corrected chi connectivity index (χ1v) is 5.17. The van der Waals surface area contributed by atoms with Crippen molar-refractivity contribution in [1.29, 1.82) is 0 Å². The molecule has 0 radical (unpaired) electrons. The van der Waals surface area contributed by atoms with E-state index in [2.05, 4.69) is 0 Å². The SMILES string of the molecule is CC(C)CC(=O)[C@H](O)[C@@H](O)[C@H](O)[C@H](O)CO. The van der Waals surface area contributed by atoms with E-state index in [0.29, 0.717) is 0 Å². The van der Waals surface area contributed by atoms with E-state index >= 15 is 0 Å². The molecule has 6 heteroatoms. The van der Waals surface area contributed by atoms with Crippen LogP contribution in [0.15, 0.2) is 0 Å². The predicted molar refractivity (Wildman–Crippen MR) is 55.6 cm³/mol. The van der Waals surface area contributed by atoms with Gasteiger partial charge in [0.05, 0.1) is 6.61 Å². The van der Waals surface area contributed by atoms with Crippen LogP contribution in [-0.2, 0) is 4.79 Å². The third kappa shape index (κ3) is 4.54. The van der Waals surface area contributed by atoms with Crippen molar-refractivity contribution in [2.75, 3.05) is 6.61 Å². The number of hydrogen-bond acceptors (Lipinski definition) is 6. The largest absolute Gasteiger partial charge is 0.394 e. The maximum Gasteiger partial charge on any atom is 0.164 e. The molecule has 0 spiro atoms. The van der Waals surface area contributed by atoms with Crippen LogP contribution >= 0.6 is 0 Å². The molecule has 0 saturated carbocycles. The van der Waals surface area contributed by atoms with Gasteiger partial charge in [-0.15, -0.1) is 0 Å². The van der Waals surface area contributed by atoms with E-state index in [9.17, 15) is 20.1 Å². The van der Waals surface area contributed by atoms with Crippen LogP contribution in [0.25, 0.3) is 0 Å². The monoisotopic (exact) mass is 236 g/mol. The maximum absolute atomic E-state index is 11.3. The summed E-state index contributed by atoms with van der Waals surface area (Å²) in [5.41, 5.74) is 0. The third-order valence-corrected chi connectivity index (χ3v) is 2.19. The molecule has 96 valence electrons. The number of aliphatic hydroxyl groups is 5. The van der Waals surface area contributed by atoms with Crippen LogP contribution in [0.2, 0.25) is 0 Å². The van der Waals surface area contributed by atoms with E-state index in [1.54, 1.807) is 13.8 Å². The highest BCUT2D eigenvalue weighted by atomic mass is 16.4. The molecule has 0 aromatic rings. The predicted octanol–water partition coefficient (Wildman–Crippen LogP) is -1.96. The Morgan fingerprint density at radius 1 is 1.06 bits per heavy atom. The third-order valence-electron chi connectivity index (χ3n) is 2.19. The lowest BCUT2D eigenvalue weighted by Crippen LogP contribution is -2.48. The molecule has 0 amide bonds. The normalized spacial score (nSPS) is 19.2. The highest BCUT2D eigenvalue weighted by molar-refractivity contribution is 5.83. The molecule has 0 bridgehead atoms. The van der Waals surface area contributed by atoms with Crippen molar-refractivity contribution in [2.45, 2.75) is 44.7 Å². The van der Waals surface area contributed by atoms with Gasteiger partial charge in [-0.05, 0) is 5.92 Å². The van der Waals surface area contributed by atoms with Gasteiger partial charge in [-0.2, -0.15) is 0 Å². The quantitative estimate of drug-likeness (QED) is 0.350. The molecule has 0 rings (SSSR count). The summed E-state index contributed by atoms with van der Waals surface area (Å²) in [6.45, 7) is 2.79. The summed E-state index contributed by atoms with van der Waals surface area (Å²) in [5, 5.41) is 45.6. The Balaban J connectivity index is 4.36. The van der Waals surface area contributed by atoms with Crippen molar-refractivity contribution in [1.82, 2.24) is 0 Å². The van der Waals surface area contributed by atoms with E-state index in [0.717, 1.165) is 0 Å². The minimum absolute atomic E-state index is 0.0225. The van der Waals surface area contributed by atoms with Crippen LogP contribution in [0.3, 0.4) is 0 Å². The van der Waals surface area contributed by atoms with E-state index in [1.807, 2.05) is 0 Å². The zero-order valence-electron chi connectivity index (χ0n) is 9.45. The molecule has 6 nitrogen and oxygen atoms in total. The van der Waals surface area contributed by atoms with Crippen LogP contribution in [0.4, 0.5) is 0 Å². The summed E-state index contributed by atoms with van der Waals surface area (Å²) in [4.78, 5) is 11.3. The average molecular weight is 236 g/mol. The van der Waals surface area contributed by atoms with Crippen molar-refractivity contribution < 1.29 is 30.3 Å². The first-order valence-electron chi connectivity index (χ1n) is 5.17. The molecule has 0 aromatic carbocycles. The Bertz CT molecular complexity index is 217. The van der Waals surface area contributed by atoms with Crippen LogP contribution in [0, 0.1) is 5.92 Å². The summed E-state index contributed by atoms with van der Waals surface area (Å²) >= 11 is 0. The van der Waals surface area contributed by atoms with Gasteiger partial charge in [0.1, 0.15) is 24.4 Å². The Morgan fingerprint density at radius 3 is 1.94 bits per heavy atom. The van der Waals surface area contributed by atoms with Crippen molar-refractivity contribution in [3.8, 4) is 0 Å². The van der Waals surface area contributed by atoms with Gasteiger partial charge < -0.3 is 25.5 Å². The van der Waals surface area contributed by atoms with E-state index < -0.39 is 36.8 Å². The van der Waals surface area contributed by atoms with Gasteiger partial charge in [0.25, 0.3) is 0 Å². The van der Waals surface area contributed by atoms with Gasteiger partial charge in [-0.25, -0.2) is 0 Å². The molecular weight excluding hydrogens is 216 g/mol. The number of hydrogen-bond donors (Lipinski definition) is 5. The van der Waals surface area contributed by atoms with Crippen LogP contribution in [-0.4, -0.2) is 62.3 Å². The van der Waals surface area contributed by atoms with Gasteiger partial charge in [0.15, 0.2) is 5.78 Å². The Morgan fingerprint density at radius 2 is 1.56 bits per heavy atom. The molecule has 0 heterocycles. The summed E-state index contributed by atoms with van der Waals surface area (Å²) in [7, 11) is 0. The highest BCUT2D eigenvalue weighted by Crippen LogP contribution is 2.10. The zero-order valence-corrected chi connectivity index (χ0v) is 9.45. The second-order valence-electron chi connectivity index (χ2n) is 4.24. The van der Waals surface area contributed by atoms with E-state index in [4.69, 9.17) is 10.2 Å². The van der Waals surface area contributed by atoms with Crippen molar-refractivity contribution in [3.63, 3.8) is 0 Å². The molecule has 0 saturated heterocycles. The molecule has 5 N–H and O–H groups in total. The van der Waals surface area contributed by atoms with Crippen molar-refractivity contribution in [3.05, 3.63) is 0 Å². The second kappa shape index (κ2) is 6.93. The van der Waals surface area contributed by atoms with Crippen LogP contribution < -0.4 is 0 Å². The molecule has 0 aliphatic carbocycles. The number of carbonyl (C=O) groups is 1. The minimum Gasteiger partial charge on any atom is -0.394 e. The van der Waals surface area contributed by atoms with Crippen molar-refractivity contribution >= 4 is 5.78 Å². The zero-order chi connectivity index (χ0) is 12.9.